The molecule has 86 valence electrons. The quantitative estimate of drug-likeness (QED) is 0.805. The Labute approximate surface area is 94.7 Å². The van der Waals surface area contributed by atoms with Crippen molar-refractivity contribution in [2.75, 3.05) is 0 Å². The van der Waals surface area contributed by atoms with Crippen molar-refractivity contribution in [3.05, 3.63) is 29.8 Å². The molecule has 0 aliphatic heterocycles. The second-order valence-electron chi connectivity index (χ2n) is 4.46. The maximum absolute atomic E-state index is 11.0. The molecule has 1 aliphatic carbocycles. The molecule has 0 aromatic heterocycles. The highest BCUT2D eigenvalue weighted by atomic mass is 16.4. The van der Waals surface area contributed by atoms with Gasteiger partial charge in [-0.05, 0) is 36.8 Å². The number of carbonyl (C=O) groups is 1. The number of phenolic OH excluding ortho intramolecular Hbond substituents is 1. The first kappa shape index (κ1) is 11.0. The molecule has 2 rings (SSSR count). The first-order valence-corrected chi connectivity index (χ1v) is 5.69. The summed E-state index contributed by atoms with van der Waals surface area (Å²) < 4.78 is 0. The first-order valence-electron chi connectivity index (χ1n) is 5.69. The van der Waals surface area contributed by atoms with E-state index in [1.165, 1.54) is 0 Å². The predicted octanol–water partition coefficient (Wildman–Crippen LogP) is 2.75. The molecule has 1 aliphatic rings. The lowest BCUT2D eigenvalue weighted by Crippen LogP contribution is -2.21. The van der Waals surface area contributed by atoms with Crippen molar-refractivity contribution < 1.29 is 15.0 Å². The molecular weight excluding hydrogens is 204 g/mol. The summed E-state index contributed by atoms with van der Waals surface area (Å²) in [7, 11) is 0. The third-order valence-electron chi connectivity index (χ3n) is 3.40. The summed E-state index contributed by atoms with van der Waals surface area (Å²) in [4.78, 5) is 11.0. The summed E-state index contributed by atoms with van der Waals surface area (Å²) in [5.41, 5.74) is 0.897. The molecule has 0 heterocycles. The number of carboxylic acids is 1. The van der Waals surface area contributed by atoms with Gasteiger partial charge < -0.3 is 10.2 Å². The van der Waals surface area contributed by atoms with E-state index in [4.69, 9.17) is 5.11 Å². The number of hydrogen-bond acceptors (Lipinski definition) is 2. The molecule has 1 aromatic rings. The van der Waals surface area contributed by atoms with E-state index in [2.05, 4.69) is 0 Å². The molecule has 1 aromatic carbocycles. The number of hydrogen-bond donors (Lipinski definition) is 2. The van der Waals surface area contributed by atoms with E-state index in [1.54, 1.807) is 12.1 Å². The highest BCUT2D eigenvalue weighted by molar-refractivity contribution is 5.70. The summed E-state index contributed by atoms with van der Waals surface area (Å²) in [6, 6.07) is 7.24. The van der Waals surface area contributed by atoms with Crippen LogP contribution in [0.1, 0.15) is 37.2 Å². The van der Waals surface area contributed by atoms with E-state index >= 15 is 0 Å². The van der Waals surface area contributed by atoms with Gasteiger partial charge in [-0.15, -0.1) is 0 Å². The largest absolute Gasteiger partial charge is 0.508 e. The zero-order chi connectivity index (χ0) is 11.5. The van der Waals surface area contributed by atoms with Gasteiger partial charge in [0.15, 0.2) is 0 Å². The summed E-state index contributed by atoms with van der Waals surface area (Å²) >= 11 is 0. The van der Waals surface area contributed by atoms with Gasteiger partial charge in [0.25, 0.3) is 0 Å². The number of rotatable bonds is 2. The summed E-state index contributed by atoms with van der Waals surface area (Å²) in [6.07, 6.45) is 3.31. The molecule has 2 N–H and O–H groups in total. The molecule has 3 heteroatoms. The van der Waals surface area contributed by atoms with Crippen molar-refractivity contribution in [1.29, 1.82) is 0 Å². The van der Waals surface area contributed by atoms with Gasteiger partial charge in [0.1, 0.15) is 5.75 Å². The Bertz CT molecular complexity index is 387. The first-order chi connectivity index (χ1) is 7.68. The van der Waals surface area contributed by atoms with Crippen LogP contribution < -0.4 is 0 Å². The van der Waals surface area contributed by atoms with Gasteiger partial charge in [-0.1, -0.05) is 24.6 Å². The van der Waals surface area contributed by atoms with Gasteiger partial charge in [-0.3, -0.25) is 4.79 Å². The third-order valence-corrected chi connectivity index (χ3v) is 3.40. The van der Waals surface area contributed by atoms with Crippen molar-refractivity contribution in [1.82, 2.24) is 0 Å². The lowest BCUT2D eigenvalue weighted by atomic mass is 9.78. The predicted molar refractivity (Wildman–Crippen MR) is 60.4 cm³/mol. The maximum atomic E-state index is 11.0. The molecule has 0 amide bonds. The molecule has 0 spiro atoms. The number of aliphatic carboxylic acids is 1. The average Bonchev–Trinajstić information content (AvgIpc) is 2.30. The maximum Gasteiger partial charge on any atom is 0.306 e. The van der Waals surface area contributed by atoms with Gasteiger partial charge in [0.2, 0.25) is 0 Å². The molecule has 16 heavy (non-hydrogen) atoms. The van der Waals surface area contributed by atoms with Crippen LogP contribution in [0.2, 0.25) is 0 Å². The molecule has 0 bridgehead atoms. The van der Waals surface area contributed by atoms with E-state index in [-0.39, 0.29) is 11.8 Å². The van der Waals surface area contributed by atoms with Crippen LogP contribution in [0.4, 0.5) is 0 Å². The second kappa shape index (κ2) is 4.56. The molecule has 2 atom stereocenters. The SMILES string of the molecule is O=C(O)C1CCCC(c2ccccc2O)C1. The van der Waals surface area contributed by atoms with Crippen molar-refractivity contribution in [3.63, 3.8) is 0 Å². The minimum Gasteiger partial charge on any atom is -0.508 e. The third kappa shape index (κ3) is 2.18. The number of phenols is 1. The van der Waals surface area contributed by atoms with Crippen LogP contribution in [0.25, 0.3) is 0 Å². The van der Waals surface area contributed by atoms with Gasteiger partial charge in [-0.2, -0.15) is 0 Å². The van der Waals surface area contributed by atoms with Crippen LogP contribution in [0.15, 0.2) is 24.3 Å². The van der Waals surface area contributed by atoms with Crippen molar-refractivity contribution >= 4 is 5.97 Å². The van der Waals surface area contributed by atoms with Crippen molar-refractivity contribution in [3.8, 4) is 5.75 Å². The normalized spacial score (nSPS) is 25.2. The molecule has 0 saturated heterocycles. The fourth-order valence-electron chi connectivity index (χ4n) is 2.53. The smallest absolute Gasteiger partial charge is 0.306 e. The van der Waals surface area contributed by atoms with Crippen LogP contribution in [0.3, 0.4) is 0 Å². The monoisotopic (exact) mass is 220 g/mol. The van der Waals surface area contributed by atoms with Gasteiger partial charge in [-0.25, -0.2) is 0 Å². The van der Waals surface area contributed by atoms with Crippen molar-refractivity contribution in [2.45, 2.75) is 31.6 Å². The Balaban J connectivity index is 2.16. The molecule has 1 fully saturated rings. The number of aromatic hydroxyl groups is 1. The Morgan fingerprint density at radius 1 is 1.25 bits per heavy atom. The van der Waals surface area contributed by atoms with Crippen LogP contribution >= 0.6 is 0 Å². The van der Waals surface area contributed by atoms with Crippen LogP contribution in [-0.2, 0) is 4.79 Å². The summed E-state index contributed by atoms with van der Waals surface area (Å²) in [5, 5.41) is 18.7. The lowest BCUT2D eigenvalue weighted by molar-refractivity contribution is -0.143. The standard InChI is InChI=1S/C13H16O3/c14-12-7-2-1-6-11(12)9-4-3-5-10(8-9)13(15)16/h1-2,6-7,9-10,14H,3-5,8H2,(H,15,16). The molecular formula is C13H16O3. The zero-order valence-corrected chi connectivity index (χ0v) is 9.10. The van der Waals surface area contributed by atoms with Crippen LogP contribution in [0, 0.1) is 5.92 Å². The van der Waals surface area contributed by atoms with Gasteiger partial charge in [0.05, 0.1) is 5.92 Å². The summed E-state index contributed by atoms with van der Waals surface area (Å²) in [6.45, 7) is 0. The van der Waals surface area contributed by atoms with Crippen LogP contribution in [-0.4, -0.2) is 16.2 Å². The lowest BCUT2D eigenvalue weighted by Gasteiger charge is -2.27. The van der Waals surface area contributed by atoms with Gasteiger partial charge in [0, 0.05) is 0 Å². The Kier molecular flexibility index (Phi) is 3.13. The molecule has 3 nitrogen and oxygen atoms in total. The zero-order valence-electron chi connectivity index (χ0n) is 9.10. The topological polar surface area (TPSA) is 57.5 Å². The highest BCUT2D eigenvalue weighted by Crippen LogP contribution is 2.39. The number of para-hydroxylation sites is 1. The Morgan fingerprint density at radius 3 is 2.69 bits per heavy atom. The molecule has 2 unspecified atom stereocenters. The van der Waals surface area contributed by atoms with Gasteiger partial charge >= 0.3 is 5.97 Å². The summed E-state index contributed by atoms with van der Waals surface area (Å²) in [5.74, 6) is -0.479. The number of benzene rings is 1. The number of carboxylic acid groups (broad SMARTS) is 1. The average molecular weight is 220 g/mol. The second-order valence-corrected chi connectivity index (χ2v) is 4.46. The molecule has 0 radical (unpaired) electrons. The van der Waals surface area contributed by atoms with E-state index in [9.17, 15) is 9.90 Å². The Morgan fingerprint density at radius 2 is 2.00 bits per heavy atom. The van der Waals surface area contributed by atoms with E-state index in [0.29, 0.717) is 12.2 Å². The van der Waals surface area contributed by atoms with Crippen molar-refractivity contribution in [2.24, 2.45) is 5.92 Å². The van der Waals surface area contributed by atoms with E-state index < -0.39 is 5.97 Å². The van der Waals surface area contributed by atoms with E-state index in [0.717, 1.165) is 24.8 Å². The fraction of sp³-hybridized carbons (Fsp3) is 0.462. The van der Waals surface area contributed by atoms with E-state index in [1.807, 2.05) is 12.1 Å². The Hall–Kier alpha value is -1.51. The fourth-order valence-corrected chi connectivity index (χ4v) is 2.53. The molecule has 1 saturated carbocycles. The van der Waals surface area contributed by atoms with Crippen LogP contribution in [0.5, 0.6) is 5.75 Å². The minimum absolute atomic E-state index is 0.191. The highest BCUT2D eigenvalue weighted by Gasteiger charge is 2.28. The minimum atomic E-state index is -0.708.